The predicted molar refractivity (Wildman–Crippen MR) is 128 cm³/mol. The minimum Gasteiger partial charge on any atom is -0.383 e. The summed E-state index contributed by atoms with van der Waals surface area (Å²) in [5.41, 5.74) is 1.78. The van der Waals surface area contributed by atoms with Crippen LogP contribution in [0.2, 0.25) is 0 Å². The number of carbonyl (C=O) groups excluding carboxylic acids is 1. The van der Waals surface area contributed by atoms with Crippen LogP contribution >= 0.6 is 24.0 Å². The molecule has 0 radical (unpaired) electrons. The van der Waals surface area contributed by atoms with E-state index in [0.29, 0.717) is 39.4 Å². The molecule has 4 rings (SSSR count). The third-order valence-electron chi connectivity index (χ3n) is 5.54. The summed E-state index contributed by atoms with van der Waals surface area (Å²) >= 11 is 6.59. The van der Waals surface area contributed by atoms with Crippen LogP contribution in [0.15, 0.2) is 28.0 Å². The number of likely N-dealkylation sites (N-methyl/N-ethyl adjacent to an activating group) is 1. The minimum atomic E-state index is -0.204. The van der Waals surface area contributed by atoms with Gasteiger partial charge in [0.05, 0.1) is 23.6 Å². The molecule has 0 aliphatic carbocycles. The van der Waals surface area contributed by atoms with Gasteiger partial charge >= 0.3 is 0 Å². The molecule has 0 saturated carbocycles. The van der Waals surface area contributed by atoms with Gasteiger partial charge in [-0.05, 0) is 31.7 Å². The summed E-state index contributed by atoms with van der Waals surface area (Å²) in [4.78, 5) is 37.6. The van der Waals surface area contributed by atoms with Crippen LogP contribution in [-0.2, 0) is 9.53 Å². The topological polar surface area (TPSA) is 70.4 Å². The molecule has 1 amide bonds. The summed E-state index contributed by atoms with van der Waals surface area (Å²) in [6.45, 7) is 6.02. The van der Waals surface area contributed by atoms with Crippen molar-refractivity contribution in [3.63, 3.8) is 0 Å². The summed E-state index contributed by atoms with van der Waals surface area (Å²) < 4.78 is 7.10. The number of nitrogens with zero attached hydrogens (tertiary/aromatic N) is 5. The molecule has 2 aliphatic heterocycles. The molecule has 4 heterocycles. The van der Waals surface area contributed by atoms with E-state index in [0.717, 1.165) is 31.7 Å². The summed E-state index contributed by atoms with van der Waals surface area (Å²) in [7, 11) is 3.66. The van der Waals surface area contributed by atoms with Crippen molar-refractivity contribution in [3.8, 4) is 0 Å². The van der Waals surface area contributed by atoms with E-state index >= 15 is 0 Å². The third kappa shape index (κ3) is 4.25. The van der Waals surface area contributed by atoms with Crippen molar-refractivity contribution in [3.05, 3.63) is 44.7 Å². The van der Waals surface area contributed by atoms with E-state index in [-0.39, 0.29) is 11.5 Å². The molecule has 2 aliphatic rings. The lowest BCUT2D eigenvalue weighted by atomic mass is 10.2. The zero-order valence-corrected chi connectivity index (χ0v) is 19.5. The second-order valence-corrected chi connectivity index (χ2v) is 9.33. The fraction of sp³-hybridized carbons (Fsp3) is 0.429. The maximum atomic E-state index is 13.5. The fourth-order valence-electron chi connectivity index (χ4n) is 3.69. The molecule has 0 aromatic carbocycles. The molecule has 2 aromatic rings. The first-order valence-corrected chi connectivity index (χ1v) is 11.3. The molecule has 10 heteroatoms. The van der Waals surface area contributed by atoms with Gasteiger partial charge in [-0.25, -0.2) is 4.98 Å². The Morgan fingerprint density at radius 1 is 1.26 bits per heavy atom. The zero-order chi connectivity index (χ0) is 22.1. The van der Waals surface area contributed by atoms with Crippen molar-refractivity contribution in [1.82, 2.24) is 19.2 Å². The highest BCUT2D eigenvalue weighted by molar-refractivity contribution is 8.26. The number of aryl methyl sites for hydroxylation is 1. The van der Waals surface area contributed by atoms with Gasteiger partial charge in [0.25, 0.3) is 11.5 Å². The Morgan fingerprint density at radius 2 is 2.00 bits per heavy atom. The number of thiocarbonyl (C=S) groups is 1. The van der Waals surface area contributed by atoms with Crippen molar-refractivity contribution in [2.24, 2.45) is 0 Å². The summed E-state index contributed by atoms with van der Waals surface area (Å²) in [6, 6.07) is 3.77. The minimum absolute atomic E-state index is 0.190. The van der Waals surface area contributed by atoms with Gasteiger partial charge in [0, 0.05) is 39.5 Å². The van der Waals surface area contributed by atoms with Gasteiger partial charge in [0.2, 0.25) is 0 Å². The maximum absolute atomic E-state index is 13.5. The zero-order valence-electron chi connectivity index (χ0n) is 17.8. The number of pyridine rings is 1. The standard InChI is InChI=1S/C21H25N5O3S2/c1-14-5-4-6-25-17(14)22-18(24-9-7-23(2)8-10-24)15(19(25)27)13-16-20(28)26(11-12-29-3)21(30)31-16/h4-6,13H,7-12H2,1-3H3/b16-13+. The van der Waals surface area contributed by atoms with Crippen LogP contribution in [0.25, 0.3) is 11.7 Å². The van der Waals surface area contributed by atoms with E-state index in [1.807, 2.05) is 19.1 Å². The van der Waals surface area contributed by atoms with Gasteiger partial charge in [0.1, 0.15) is 15.8 Å². The molecule has 0 N–H and O–H groups in total. The second kappa shape index (κ2) is 9.07. The molecule has 0 atom stereocenters. The third-order valence-corrected chi connectivity index (χ3v) is 6.91. The molecule has 164 valence electrons. The van der Waals surface area contributed by atoms with Gasteiger partial charge in [-0.2, -0.15) is 0 Å². The highest BCUT2D eigenvalue weighted by Gasteiger charge is 2.33. The quantitative estimate of drug-likeness (QED) is 0.493. The molecule has 2 fully saturated rings. The number of piperazine rings is 1. The first kappa shape index (κ1) is 21.9. The number of fused-ring (bicyclic) bond motifs is 1. The van der Waals surface area contributed by atoms with Crippen molar-refractivity contribution in [2.45, 2.75) is 6.92 Å². The van der Waals surface area contributed by atoms with Crippen LogP contribution in [0.3, 0.4) is 0 Å². The van der Waals surface area contributed by atoms with Crippen molar-refractivity contribution in [1.29, 1.82) is 0 Å². The van der Waals surface area contributed by atoms with E-state index < -0.39 is 0 Å². The van der Waals surface area contributed by atoms with Gasteiger partial charge < -0.3 is 14.5 Å². The fourth-order valence-corrected chi connectivity index (χ4v) is 4.98. The van der Waals surface area contributed by atoms with E-state index in [4.69, 9.17) is 21.9 Å². The largest absolute Gasteiger partial charge is 0.383 e. The Bertz CT molecular complexity index is 1120. The Morgan fingerprint density at radius 3 is 2.71 bits per heavy atom. The number of hydrogen-bond acceptors (Lipinski definition) is 8. The number of carbonyl (C=O) groups is 1. The maximum Gasteiger partial charge on any atom is 0.267 e. The van der Waals surface area contributed by atoms with Crippen LogP contribution in [0.4, 0.5) is 5.82 Å². The highest BCUT2D eigenvalue weighted by atomic mass is 32.2. The monoisotopic (exact) mass is 459 g/mol. The SMILES string of the molecule is COCCN1C(=O)/C(=C\c2c(N3CCN(C)CC3)nc3c(C)cccn3c2=O)SC1=S. The van der Waals surface area contributed by atoms with Gasteiger partial charge in [-0.1, -0.05) is 30.0 Å². The Labute approximate surface area is 190 Å². The molecule has 0 bridgehead atoms. The molecule has 2 saturated heterocycles. The smallest absolute Gasteiger partial charge is 0.267 e. The average molecular weight is 460 g/mol. The first-order chi connectivity index (χ1) is 14.9. The molecular formula is C21H25N5O3S2. The molecule has 8 nitrogen and oxygen atoms in total. The highest BCUT2D eigenvalue weighted by Crippen LogP contribution is 2.33. The lowest BCUT2D eigenvalue weighted by Crippen LogP contribution is -2.45. The predicted octanol–water partition coefficient (Wildman–Crippen LogP) is 1.60. The summed E-state index contributed by atoms with van der Waals surface area (Å²) in [5.74, 6) is 0.416. The van der Waals surface area contributed by atoms with Gasteiger partial charge in [-0.3, -0.25) is 18.9 Å². The molecule has 0 spiro atoms. The normalized spacial score (nSPS) is 19.3. The Hall–Kier alpha value is -2.27. The number of aromatic nitrogens is 2. The van der Waals surface area contributed by atoms with E-state index in [1.54, 1.807) is 23.8 Å². The number of rotatable bonds is 5. The lowest BCUT2D eigenvalue weighted by Gasteiger charge is -2.34. The molecule has 0 unspecified atom stereocenters. The molecular weight excluding hydrogens is 434 g/mol. The number of thioether (sulfide) groups is 1. The van der Waals surface area contributed by atoms with Crippen LogP contribution < -0.4 is 10.5 Å². The summed E-state index contributed by atoms with van der Waals surface area (Å²) in [6.07, 6.45) is 3.37. The molecule has 2 aromatic heterocycles. The van der Waals surface area contributed by atoms with Crippen molar-refractivity contribution in [2.75, 3.05) is 58.4 Å². The average Bonchev–Trinajstić information content (AvgIpc) is 3.02. The van der Waals surface area contributed by atoms with E-state index in [9.17, 15) is 9.59 Å². The van der Waals surface area contributed by atoms with Crippen LogP contribution in [0.1, 0.15) is 11.1 Å². The number of ether oxygens (including phenoxy) is 1. The van der Waals surface area contributed by atoms with Crippen LogP contribution in [0.5, 0.6) is 0 Å². The van der Waals surface area contributed by atoms with E-state index in [1.165, 1.54) is 16.7 Å². The van der Waals surface area contributed by atoms with E-state index in [2.05, 4.69) is 16.8 Å². The number of amides is 1. The first-order valence-electron chi connectivity index (χ1n) is 10.1. The Kier molecular flexibility index (Phi) is 6.42. The van der Waals surface area contributed by atoms with Crippen molar-refractivity contribution >= 4 is 51.7 Å². The van der Waals surface area contributed by atoms with Gasteiger partial charge in [0.15, 0.2) is 0 Å². The second-order valence-electron chi connectivity index (χ2n) is 7.66. The number of methoxy groups -OCH3 is 1. The molecule has 31 heavy (non-hydrogen) atoms. The number of hydrogen-bond donors (Lipinski definition) is 0. The van der Waals surface area contributed by atoms with Crippen molar-refractivity contribution < 1.29 is 9.53 Å². The van der Waals surface area contributed by atoms with Gasteiger partial charge in [-0.15, -0.1) is 0 Å². The lowest BCUT2D eigenvalue weighted by molar-refractivity contribution is -0.122. The summed E-state index contributed by atoms with van der Waals surface area (Å²) in [5, 5.41) is 0. The Balaban J connectivity index is 1.83. The van der Waals surface area contributed by atoms with Crippen LogP contribution in [-0.4, -0.2) is 82.9 Å². The van der Waals surface area contributed by atoms with Crippen LogP contribution in [0, 0.1) is 6.92 Å². The number of anilines is 1.